The number of hydrogen-bond donors (Lipinski definition) is 0. The van der Waals surface area contributed by atoms with Gasteiger partial charge in [-0.3, -0.25) is 0 Å². The number of allylic oxidation sites excluding steroid dienone is 4. The van der Waals surface area contributed by atoms with E-state index in [1.165, 1.54) is 22.3 Å². The van der Waals surface area contributed by atoms with Gasteiger partial charge < -0.3 is 4.74 Å². The van der Waals surface area contributed by atoms with E-state index in [-0.39, 0.29) is 0 Å². The molecule has 0 fully saturated rings. The predicted octanol–water partition coefficient (Wildman–Crippen LogP) is 10.3. The van der Waals surface area contributed by atoms with E-state index in [1.807, 2.05) is 13.8 Å². The molecule has 1 aliphatic heterocycles. The molecular weight excluding hydrogens is 440 g/mol. The smallest absolute Gasteiger partial charge is 0.145 e. The molecule has 0 aromatic heterocycles. The van der Waals surface area contributed by atoms with Gasteiger partial charge in [0.2, 0.25) is 0 Å². The average molecular weight is 485 g/mol. The van der Waals surface area contributed by atoms with Gasteiger partial charge in [0.05, 0.1) is 22.8 Å². The predicted molar refractivity (Wildman–Crippen MR) is 157 cm³/mol. The molecule has 0 atom stereocenters. The van der Waals surface area contributed by atoms with E-state index >= 15 is 0 Å². The molecule has 0 radical (unpaired) electrons. The molecule has 1 heterocycles. The first-order valence-electron chi connectivity index (χ1n) is 13.5. The van der Waals surface area contributed by atoms with Crippen molar-refractivity contribution >= 4 is 22.8 Å². The molecule has 192 valence electrons. The third-order valence-corrected chi connectivity index (χ3v) is 6.78. The normalized spacial score (nSPS) is 15.1. The first-order valence-corrected chi connectivity index (χ1v) is 13.5. The summed E-state index contributed by atoms with van der Waals surface area (Å²) < 4.78 is 6.42. The van der Waals surface area contributed by atoms with E-state index in [1.54, 1.807) is 0 Å². The Balaban J connectivity index is 1.95. The number of nitrogens with zero attached hydrogens (tertiary/aromatic N) is 2. The van der Waals surface area contributed by atoms with E-state index in [4.69, 9.17) is 14.7 Å². The van der Waals surface area contributed by atoms with Crippen LogP contribution in [0, 0.1) is 0 Å². The maximum Gasteiger partial charge on any atom is 0.145 e. The van der Waals surface area contributed by atoms with Crippen molar-refractivity contribution in [2.45, 2.75) is 99.3 Å². The van der Waals surface area contributed by atoms with Crippen molar-refractivity contribution in [1.29, 1.82) is 0 Å². The molecule has 3 rings (SSSR count). The molecule has 0 spiro atoms. The fourth-order valence-electron chi connectivity index (χ4n) is 4.65. The van der Waals surface area contributed by atoms with Crippen molar-refractivity contribution in [2.24, 2.45) is 9.98 Å². The van der Waals surface area contributed by atoms with Crippen molar-refractivity contribution in [3.05, 3.63) is 82.3 Å². The molecular formula is C33H44N2O. The average Bonchev–Trinajstić information content (AvgIpc) is 2.83. The zero-order valence-corrected chi connectivity index (χ0v) is 23.9. The Kier molecular flexibility index (Phi) is 9.11. The number of hydrogen-bond acceptors (Lipinski definition) is 3. The monoisotopic (exact) mass is 484 g/mol. The van der Waals surface area contributed by atoms with Crippen LogP contribution in [0.15, 0.2) is 70.1 Å². The van der Waals surface area contributed by atoms with E-state index in [9.17, 15) is 0 Å². The molecule has 0 bridgehead atoms. The third kappa shape index (κ3) is 6.24. The van der Waals surface area contributed by atoms with Gasteiger partial charge in [-0.1, -0.05) is 91.8 Å². The fourth-order valence-corrected chi connectivity index (χ4v) is 4.65. The summed E-state index contributed by atoms with van der Waals surface area (Å²) in [5.41, 5.74) is 9.06. The van der Waals surface area contributed by atoms with Crippen molar-refractivity contribution in [3.63, 3.8) is 0 Å². The lowest BCUT2D eigenvalue weighted by Gasteiger charge is -2.21. The van der Waals surface area contributed by atoms with Gasteiger partial charge in [-0.2, -0.15) is 0 Å². The van der Waals surface area contributed by atoms with Crippen LogP contribution in [0.5, 0.6) is 0 Å². The Morgan fingerprint density at radius 2 is 0.889 bits per heavy atom. The van der Waals surface area contributed by atoms with Crippen LogP contribution in [0.1, 0.15) is 122 Å². The van der Waals surface area contributed by atoms with Gasteiger partial charge >= 0.3 is 0 Å². The summed E-state index contributed by atoms with van der Waals surface area (Å²) in [5, 5.41) is 0. The standard InChI is InChI=1S/C33H44N2O/c1-20(2)26-14-11-15-27(21(3)4)32(26)34-24(9)30-18-13-19-31(36-30)25(10)35-33-28(22(5)6)16-12-17-29(33)23(7)8/h11-12,14-23H,13H2,1-10H3/b34-24+,35-25+. The summed E-state index contributed by atoms with van der Waals surface area (Å²) in [4.78, 5) is 10.3. The molecule has 0 N–H and O–H groups in total. The van der Waals surface area contributed by atoms with Gasteiger partial charge in [0, 0.05) is 0 Å². The minimum Gasteiger partial charge on any atom is -0.454 e. The van der Waals surface area contributed by atoms with Crippen molar-refractivity contribution in [2.75, 3.05) is 0 Å². The maximum atomic E-state index is 6.42. The van der Waals surface area contributed by atoms with E-state index in [0.29, 0.717) is 23.7 Å². The topological polar surface area (TPSA) is 34.0 Å². The number of aliphatic imine (C=N–C) groups is 2. The Labute approximate surface area is 219 Å². The van der Waals surface area contributed by atoms with Crippen LogP contribution < -0.4 is 0 Å². The quantitative estimate of drug-likeness (QED) is 0.343. The third-order valence-electron chi connectivity index (χ3n) is 6.78. The minimum absolute atomic E-state index is 0.400. The SMILES string of the molecule is C/C(=N\c1c(C(C)C)cccc1C(C)C)C1=CCC=C(/C(C)=N/c2c(C(C)C)cccc2C(C)C)O1. The molecule has 36 heavy (non-hydrogen) atoms. The number of para-hydroxylation sites is 2. The molecule has 0 saturated heterocycles. The van der Waals surface area contributed by atoms with Crippen molar-refractivity contribution in [3.8, 4) is 0 Å². The molecule has 0 amide bonds. The highest BCUT2D eigenvalue weighted by Crippen LogP contribution is 2.37. The van der Waals surface area contributed by atoms with Crippen LogP contribution in [0.4, 0.5) is 11.4 Å². The second-order valence-electron chi connectivity index (χ2n) is 11.1. The summed E-state index contributed by atoms with van der Waals surface area (Å²) in [7, 11) is 0. The van der Waals surface area contributed by atoms with Crippen LogP contribution in [0.25, 0.3) is 0 Å². The fraction of sp³-hybridized carbons (Fsp3) is 0.455. The van der Waals surface area contributed by atoms with Crippen LogP contribution in [0.3, 0.4) is 0 Å². The van der Waals surface area contributed by atoms with Crippen LogP contribution in [-0.4, -0.2) is 11.4 Å². The van der Waals surface area contributed by atoms with Crippen LogP contribution >= 0.6 is 0 Å². The molecule has 3 heteroatoms. The highest BCUT2D eigenvalue weighted by Gasteiger charge is 2.19. The summed E-state index contributed by atoms with van der Waals surface area (Å²) in [5.74, 6) is 3.23. The number of benzene rings is 2. The molecule has 0 saturated carbocycles. The molecule has 2 aromatic rings. The van der Waals surface area contributed by atoms with Crippen LogP contribution in [-0.2, 0) is 4.74 Å². The Hall–Kier alpha value is -2.94. The summed E-state index contributed by atoms with van der Waals surface area (Å²) in [6.07, 6.45) is 5.03. The lowest BCUT2D eigenvalue weighted by atomic mass is 9.93. The van der Waals surface area contributed by atoms with Crippen LogP contribution in [0.2, 0.25) is 0 Å². The van der Waals surface area contributed by atoms with Gasteiger partial charge in [0.1, 0.15) is 11.5 Å². The van der Waals surface area contributed by atoms with Crippen molar-refractivity contribution < 1.29 is 4.74 Å². The lowest BCUT2D eigenvalue weighted by molar-refractivity contribution is 0.343. The largest absolute Gasteiger partial charge is 0.454 e. The first kappa shape index (κ1) is 27.6. The molecule has 3 nitrogen and oxygen atoms in total. The Morgan fingerprint density at radius 1 is 0.583 bits per heavy atom. The van der Waals surface area contributed by atoms with Gasteiger partial charge in [0.15, 0.2) is 0 Å². The number of rotatable bonds is 8. The highest BCUT2D eigenvalue weighted by molar-refractivity contribution is 6.02. The highest BCUT2D eigenvalue weighted by atomic mass is 16.5. The molecule has 1 aliphatic rings. The second kappa shape index (κ2) is 11.9. The van der Waals surface area contributed by atoms with E-state index < -0.39 is 0 Å². The maximum absolute atomic E-state index is 6.42. The molecule has 0 unspecified atom stereocenters. The van der Waals surface area contributed by atoms with E-state index in [2.05, 4.69) is 104 Å². The van der Waals surface area contributed by atoms with Gasteiger partial charge in [-0.15, -0.1) is 0 Å². The van der Waals surface area contributed by atoms with Gasteiger partial charge in [0.25, 0.3) is 0 Å². The Morgan fingerprint density at radius 3 is 1.17 bits per heavy atom. The zero-order valence-electron chi connectivity index (χ0n) is 23.9. The first-order chi connectivity index (χ1) is 17.0. The molecule has 0 aliphatic carbocycles. The summed E-state index contributed by atoms with van der Waals surface area (Å²) >= 11 is 0. The second-order valence-corrected chi connectivity index (χ2v) is 11.1. The zero-order chi connectivity index (χ0) is 26.6. The minimum atomic E-state index is 0.400. The Bertz CT molecular complexity index is 1060. The van der Waals surface area contributed by atoms with Gasteiger partial charge in [-0.25, -0.2) is 9.98 Å². The lowest BCUT2D eigenvalue weighted by Crippen LogP contribution is -2.11. The van der Waals surface area contributed by atoms with Crippen molar-refractivity contribution in [1.82, 2.24) is 0 Å². The summed E-state index contributed by atoms with van der Waals surface area (Å²) in [6.45, 7) is 21.9. The summed E-state index contributed by atoms with van der Waals surface area (Å²) in [6, 6.07) is 13.1. The van der Waals surface area contributed by atoms with Gasteiger partial charge in [-0.05, 0) is 78.3 Å². The molecule has 2 aromatic carbocycles. The van der Waals surface area contributed by atoms with E-state index in [0.717, 1.165) is 40.7 Å². The number of ether oxygens (including phenoxy) is 1.